The summed E-state index contributed by atoms with van der Waals surface area (Å²) in [4.78, 5) is 19.0. The van der Waals surface area contributed by atoms with Gasteiger partial charge in [-0.1, -0.05) is 30.3 Å². The number of carbonyl (C=O) groups is 1. The number of aryl methyl sites for hydroxylation is 1. The quantitative estimate of drug-likeness (QED) is 0.504. The molecule has 1 saturated heterocycles. The standard InChI is InChI=1S/C27H33N3O3S/c1-19-20(2)34-27(28-26(32)21-8-5-4-6-9-21)24(19)25(22-10-7-11-23(18-22)33-3)30-14-12-29(13-15-30)16-17-31/h4-11,18,25,31H,12-17H2,1-3H3,(H,28,32)/t25-/m0/s1. The van der Waals surface area contributed by atoms with Crippen LogP contribution in [0.25, 0.3) is 0 Å². The van der Waals surface area contributed by atoms with Crippen molar-refractivity contribution in [2.75, 3.05) is 51.8 Å². The molecule has 2 aromatic carbocycles. The van der Waals surface area contributed by atoms with Crippen molar-refractivity contribution in [2.45, 2.75) is 19.9 Å². The highest BCUT2D eigenvalue weighted by molar-refractivity contribution is 7.16. The van der Waals surface area contributed by atoms with Crippen LogP contribution in [0.2, 0.25) is 0 Å². The number of nitrogens with zero attached hydrogens (tertiary/aromatic N) is 2. The summed E-state index contributed by atoms with van der Waals surface area (Å²) in [7, 11) is 1.69. The zero-order valence-electron chi connectivity index (χ0n) is 20.1. The Morgan fingerprint density at radius 1 is 1.09 bits per heavy atom. The normalized spacial score (nSPS) is 15.8. The van der Waals surface area contributed by atoms with Crippen LogP contribution in [0.3, 0.4) is 0 Å². The van der Waals surface area contributed by atoms with Crippen molar-refractivity contribution in [2.24, 2.45) is 0 Å². The number of nitrogens with one attached hydrogen (secondary N) is 1. The minimum atomic E-state index is -0.0970. The molecule has 2 N–H and O–H groups in total. The van der Waals surface area contributed by atoms with Gasteiger partial charge in [-0.15, -0.1) is 11.3 Å². The summed E-state index contributed by atoms with van der Waals surface area (Å²) in [5.41, 5.74) is 4.15. The molecule has 1 aliphatic rings. The molecule has 4 rings (SSSR count). The Hall–Kier alpha value is -2.71. The summed E-state index contributed by atoms with van der Waals surface area (Å²) in [6, 6.07) is 17.6. The molecule has 3 aromatic rings. The van der Waals surface area contributed by atoms with Crippen LogP contribution in [0.1, 0.15) is 38.0 Å². The number of carbonyl (C=O) groups excluding carboxylic acids is 1. The molecule has 7 heteroatoms. The number of benzene rings is 2. The predicted molar refractivity (Wildman–Crippen MR) is 138 cm³/mol. The van der Waals surface area contributed by atoms with Gasteiger partial charge in [-0.2, -0.15) is 0 Å². The number of piperazine rings is 1. The number of ether oxygens (including phenoxy) is 1. The van der Waals surface area contributed by atoms with Crippen molar-refractivity contribution in [3.63, 3.8) is 0 Å². The first-order valence-corrected chi connectivity index (χ1v) is 12.5. The summed E-state index contributed by atoms with van der Waals surface area (Å²) < 4.78 is 5.54. The highest BCUT2D eigenvalue weighted by Crippen LogP contribution is 2.43. The fourth-order valence-electron chi connectivity index (χ4n) is 4.59. The lowest BCUT2D eigenvalue weighted by Gasteiger charge is -2.40. The maximum absolute atomic E-state index is 13.1. The molecular weight excluding hydrogens is 446 g/mol. The minimum Gasteiger partial charge on any atom is -0.497 e. The van der Waals surface area contributed by atoms with Gasteiger partial charge in [-0.05, 0) is 49.2 Å². The van der Waals surface area contributed by atoms with E-state index in [4.69, 9.17) is 4.74 Å². The van der Waals surface area contributed by atoms with Crippen molar-refractivity contribution in [1.29, 1.82) is 0 Å². The molecule has 0 unspecified atom stereocenters. The van der Waals surface area contributed by atoms with Crippen molar-refractivity contribution in [3.05, 3.63) is 81.7 Å². The topological polar surface area (TPSA) is 65.0 Å². The van der Waals surface area contributed by atoms with E-state index in [1.54, 1.807) is 18.4 Å². The third-order valence-corrected chi connectivity index (χ3v) is 7.70. The lowest BCUT2D eigenvalue weighted by atomic mass is 9.94. The summed E-state index contributed by atoms with van der Waals surface area (Å²) in [5, 5.41) is 13.5. The van der Waals surface area contributed by atoms with E-state index in [1.807, 2.05) is 42.5 Å². The molecule has 1 amide bonds. The summed E-state index contributed by atoms with van der Waals surface area (Å²) in [6.45, 7) is 8.69. The Morgan fingerprint density at radius 3 is 2.50 bits per heavy atom. The molecule has 180 valence electrons. The van der Waals surface area contributed by atoms with Crippen LogP contribution in [-0.2, 0) is 0 Å². The number of β-amino-alcohol motifs (C(OH)–C–C–N with tert-alkyl or cyclic N) is 1. The van der Waals surface area contributed by atoms with Crippen LogP contribution >= 0.6 is 11.3 Å². The molecule has 0 saturated carbocycles. The van der Waals surface area contributed by atoms with Gasteiger partial charge in [-0.25, -0.2) is 0 Å². The van der Waals surface area contributed by atoms with Gasteiger partial charge < -0.3 is 15.2 Å². The number of hydrogen-bond donors (Lipinski definition) is 2. The number of amides is 1. The smallest absolute Gasteiger partial charge is 0.256 e. The minimum absolute atomic E-state index is 0.0117. The fourth-order valence-corrected chi connectivity index (χ4v) is 5.68. The first-order chi connectivity index (χ1) is 16.5. The Morgan fingerprint density at radius 2 is 1.82 bits per heavy atom. The molecule has 0 aliphatic carbocycles. The fraction of sp³-hybridized carbons (Fsp3) is 0.370. The van der Waals surface area contributed by atoms with Gasteiger partial charge in [-0.3, -0.25) is 14.6 Å². The van der Waals surface area contributed by atoms with Crippen LogP contribution < -0.4 is 10.1 Å². The maximum Gasteiger partial charge on any atom is 0.256 e. The van der Waals surface area contributed by atoms with Crippen LogP contribution in [0.4, 0.5) is 5.00 Å². The van der Waals surface area contributed by atoms with Crippen molar-refractivity contribution >= 4 is 22.2 Å². The number of thiophene rings is 1. The van der Waals surface area contributed by atoms with E-state index in [-0.39, 0.29) is 18.6 Å². The Bertz CT molecular complexity index is 1110. The lowest BCUT2D eigenvalue weighted by Crippen LogP contribution is -2.48. The third-order valence-electron chi connectivity index (χ3n) is 6.57. The van der Waals surface area contributed by atoms with E-state index in [0.717, 1.165) is 48.1 Å². The van der Waals surface area contributed by atoms with Crippen molar-refractivity contribution in [3.8, 4) is 5.75 Å². The van der Waals surface area contributed by atoms with Crippen molar-refractivity contribution in [1.82, 2.24) is 9.80 Å². The van der Waals surface area contributed by atoms with Gasteiger partial charge >= 0.3 is 0 Å². The van der Waals surface area contributed by atoms with E-state index in [0.29, 0.717) is 12.1 Å². The van der Waals surface area contributed by atoms with Gasteiger partial charge in [0.25, 0.3) is 5.91 Å². The van der Waals surface area contributed by atoms with Gasteiger partial charge in [0.15, 0.2) is 0 Å². The maximum atomic E-state index is 13.1. The van der Waals surface area contributed by atoms with E-state index in [9.17, 15) is 9.90 Å². The van der Waals surface area contributed by atoms with Crippen LogP contribution in [0.5, 0.6) is 5.75 Å². The Labute approximate surface area is 205 Å². The number of rotatable bonds is 8. The summed E-state index contributed by atoms with van der Waals surface area (Å²) in [6.07, 6.45) is 0. The molecule has 34 heavy (non-hydrogen) atoms. The van der Waals surface area contributed by atoms with Crippen LogP contribution in [-0.4, -0.2) is 67.3 Å². The second-order valence-corrected chi connectivity index (χ2v) is 9.85. The zero-order chi connectivity index (χ0) is 24.1. The zero-order valence-corrected chi connectivity index (χ0v) is 20.9. The van der Waals surface area contributed by atoms with Gasteiger partial charge in [0.1, 0.15) is 10.8 Å². The number of methoxy groups -OCH3 is 1. The predicted octanol–water partition coefficient (Wildman–Crippen LogP) is 4.33. The molecule has 0 bridgehead atoms. The molecule has 6 nitrogen and oxygen atoms in total. The Kier molecular flexibility index (Phi) is 8.00. The van der Waals surface area contributed by atoms with E-state index in [2.05, 4.69) is 41.1 Å². The number of aliphatic hydroxyl groups excluding tert-OH is 1. The van der Waals surface area contributed by atoms with E-state index in [1.165, 1.54) is 10.4 Å². The average Bonchev–Trinajstić information content (AvgIpc) is 3.14. The van der Waals surface area contributed by atoms with Crippen LogP contribution in [0.15, 0.2) is 54.6 Å². The molecule has 2 heterocycles. The Balaban J connectivity index is 1.73. The summed E-state index contributed by atoms with van der Waals surface area (Å²) >= 11 is 1.64. The number of anilines is 1. The second-order valence-electron chi connectivity index (χ2n) is 8.63. The number of aliphatic hydroxyl groups is 1. The molecule has 1 aliphatic heterocycles. The first kappa shape index (κ1) is 24.4. The molecule has 1 atom stereocenters. The SMILES string of the molecule is COc1cccc([C@@H](c2c(NC(=O)c3ccccc3)sc(C)c2C)N2CCN(CCO)CC2)c1. The first-order valence-electron chi connectivity index (χ1n) is 11.7. The largest absolute Gasteiger partial charge is 0.497 e. The van der Waals surface area contributed by atoms with Gasteiger partial charge in [0.05, 0.1) is 19.8 Å². The average molecular weight is 480 g/mol. The molecule has 0 spiro atoms. The molecule has 1 fully saturated rings. The van der Waals surface area contributed by atoms with E-state index >= 15 is 0 Å². The number of hydrogen-bond acceptors (Lipinski definition) is 6. The van der Waals surface area contributed by atoms with Crippen molar-refractivity contribution < 1.29 is 14.6 Å². The molecule has 1 aromatic heterocycles. The second kappa shape index (κ2) is 11.1. The lowest BCUT2D eigenvalue weighted by molar-refractivity contribution is 0.0944. The molecule has 0 radical (unpaired) electrons. The van der Waals surface area contributed by atoms with E-state index < -0.39 is 0 Å². The summed E-state index contributed by atoms with van der Waals surface area (Å²) in [5.74, 6) is 0.723. The van der Waals surface area contributed by atoms with Crippen LogP contribution in [0, 0.1) is 13.8 Å². The third kappa shape index (κ3) is 5.33. The molecular formula is C27H33N3O3S. The van der Waals surface area contributed by atoms with Gasteiger partial charge in [0.2, 0.25) is 0 Å². The van der Waals surface area contributed by atoms with Gasteiger partial charge in [0, 0.05) is 48.7 Å². The highest BCUT2D eigenvalue weighted by atomic mass is 32.1. The monoisotopic (exact) mass is 479 g/mol. The highest BCUT2D eigenvalue weighted by Gasteiger charge is 2.31.